The first-order chi connectivity index (χ1) is 9.27. The molecular formula is C16H33N3O. The first-order valence-electron chi connectivity index (χ1n) is 8.00. The predicted molar refractivity (Wildman–Crippen MR) is 84.5 cm³/mol. The van der Waals surface area contributed by atoms with E-state index in [1.165, 1.54) is 0 Å². The Hall–Kier alpha value is -0.610. The van der Waals surface area contributed by atoms with Gasteiger partial charge in [-0.3, -0.25) is 10.1 Å². The first-order valence-corrected chi connectivity index (χ1v) is 8.00. The second-order valence-electron chi connectivity index (χ2n) is 7.09. The third-order valence-corrected chi connectivity index (χ3v) is 4.05. The zero-order chi connectivity index (χ0) is 15.4. The van der Waals surface area contributed by atoms with Crippen molar-refractivity contribution in [2.24, 2.45) is 11.8 Å². The van der Waals surface area contributed by atoms with Crippen LogP contribution in [-0.4, -0.2) is 54.6 Å². The molecule has 4 heteroatoms. The minimum Gasteiger partial charge on any atom is -0.321 e. The van der Waals surface area contributed by atoms with Crippen LogP contribution in [0.3, 0.4) is 0 Å². The van der Waals surface area contributed by atoms with Crippen LogP contribution >= 0.6 is 0 Å². The largest absolute Gasteiger partial charge is 0.321 e. The molecule has 3 unspecified atom stereocenters. The standard InChI is InChI=1S/C16H33N3O/c1-8-15-17-13(9-11(2)3)16(20)19(15)14(12(4)5)10-18(6)7/h11-15,17H,8-10H2,1-7H3. The van der Waals surface area contributed by atoms with Gasteiger partial charge in [0, 0.05) is 12.6 Å². The summed E-state index contributed by atoms with van der Waals surface area (Å²) in [6.07, 6.45) is 2.09. The highest BCUT2D eigenvalue weighted by atomic mass is 16.2. The third kappa shape index (κ3) is 4.19. The van der Waals surface area contributed by atoms with Crippen molar-refractivity contribution in [1.82, 2.24) is 15.1 Å². The van der Waals surface area contributed by atoms with Crippen LogP contribution in [0.2, 0.25) is 0 Å². The number of hydrogen-bond donors (Lipinski definition) is 1. The summed E-state index contributed by atoms with van der Waals surface area (Å²) in [5, 5.41) is 3.54. The van der Waals surface area contributed by atoms with Crippen molar-refractivity contribution in [3.63, 3.8) is 0 Å². The molecule has 1 rings (SSSR count). The van der Waals surface area contributed by atoms with Gasteiger partial charge in [0.1, 0.15) is 0 Å². The summed E-state index contributed by atoms with van der Waals surface area (Å²) < 4.78 is 0. The normalized spacial score (nSPS) is 25.3. The van der Waals surface area contributed by atoms with Gasteiger partial charge in [0.2, 0.25) is 5.91 Å². The van der Waals surface area contributed by atoms with Crippen LogP contribution in [-0.2, 0) is 4.79 Å². The van der Waals surface area contributed by atoms with Crippen molar-refractivity contribution in [3.05, 3.63) is 0 Å². The average Bonchev–Trinajstić information content (AvgIpc) is 2.62. The molecule has 0 spiro atoms. The van der Waals surface area contributed by atoms with E-state index in [1.807, 2.05) is 0 Å². The van der Waals surface area contributed by atoms with Crippen LogP contribution in [0.4, 0.5) is 0 Å². The lowest BCUT2D eigenvalue weighted by atomic mass is 10.00. The molecule has 0 bridgehead atoms. The Bertz CT molecular complexity index is 315. The summed E-state index contributed by atoms with van der Waals surface area (Å²) in [5.41, 5.74) is 0. The molecule has 0 aromatic carbocycles. The molecule has 1 N–H and O–H groups in total. The lowest BCUT2D eigenvalue weighted by Gasteiger charge is -2.36. The number of carbonyl (C=O) groups excluding carboxylic acids is 1. The molecule has 1 aliphatic rings. The summed E-state index contributed by atoms with van der Waals surface area (Å²) in [5.74, 6) is 1.31. The van der Waals surface area contributed by atoms with E-state index in [4.69, 9.17) is 0 Å². The Morgan fingerprint density at radius 2 is 1.85 bits per heavy atom. The smallest absolute Gasteiger partial charge is 0.241 e. The van der Waals surface area contributed by atoms with Crippen molar-refractivity contribution < 1.29 is 4.79 Å². The van der Waals surface area contributed by atoms with Gasteiger partial charge in [-0.1, -0.05) is 34.6 Å². The quantitative estimate of drug-likeness (QED) is 0.778. The van der Waals surface area contributed by atoms with Gasteiger partial charge < -0.3 is 9.80 Å². The number of nitrogens with one attached hydrogen (secondary N) is 1. The third-order valence-electron chi connectivity index (χ3n) is 4.05. The highest BCUT2D eigenvalue weighted by Gasteiger charge is 2.42. The van der Waals surface area contributed by atoms with E-state index in [-0.39, 0.29) is 18.2 Å². The maximum Gasteiger partial charge on any atom is 0.241 e. The van der Waals surface area contributed by atoms with Gasteiger partial charge in [0.15, 0.2) is 0 Å². The Labute approximate surface area is 124 Å². The molecule has 0 aromatic heterocycles. The van der Waals surface area contributed by atoms with Crippen molar-refractivity contribution in [2.75, 3.05) is 20.6 Å². The van der Waals surface area contributed by atoms with Gasteiger partial charge in [0.05, 0.1) is 12.2 Å². The summed E-state index contributed by atoms with van der Waals surface area (Å²) >= 11 is 0. The molecule has 1 aliphatic heterocycles. The summed E-state index contributed by atoms with van der Waals surface area (Å²) in [6, 6.07) is 0.287. The second-order valence-corrected chi connectivity index (χ2v) is 7.09. The van der Waals surface area contributed by atoms with E-state index >= 15 is 0 Å². The van der Waals surface area contributed by atoms with Crippen molar-refractivity contribution >= 4 is 5.91 Å². The Morgan fingerprint density at radius 3 is 2.25 bits per heavy atom. The number of likely N-dealkylation sites (N-methyl/N-ethyl adjacent to an activating group) is 1. The van der Waals surface area contributed by atoms with E-state index in [0.29, 0.717) is 17.7 Å². The molecule has 3 atom stereocenters. The predicted octanol–water partition coefficient (Wildman–Crippen LogP) is 2.16. The van der Waals surface area contributed by atoms with Crippen LogP contribution in [0.15, 0.2) is 0 Å². The fraction of sp³-hybridized carbons (Fsp3) is 0.938. The minimum absolute atomic E-state index is 0.00311. The lowest BCUT2D eigenvalue weighted by Crippen LogP contribution is -2.51. The maximum atomic E-state index is 12.8. The SMILES string of the molecule is CCC1NC(CC(C)C)C(=O)N1C(CN(C)C)C(C)C. The van der Waals surface area contributed by atoms with Gasteiger partial charge in [-0.15, -0.1) is 0 Å². The van der Waals surface area contributed by atoms with Crippen LogP contribution in [0.25, 0.3) is 0 Å². The van der Waals surface area contributed by atoms with Gasteiger partial charge in [-0.05, 0) is 38.8 Å². The monoisotopic (exact) mass is 283 g/mol. The number of amides is 1. The highest BCUT2D eigenvalue weighted by Crippen LogP contribution is 2.24. The van der Waals surface area contributed by atoms with Gasteiger partial charge in [-0.25, -0.2) is 0 Å². The zero-order valence-corrected chi connectivity index (χ0v) is 14.3. The number of nitrogens with zero attached hydrogens (tertiary/aromatic N) is 2. The second kappa shape index (κ2) is 7.41. The van der Waals surface area contributed by atoms with Gasteiger partial charge in [-0.2, -0.15) is 0 Å². The molecule has 0 aliphatic carbocycles. The van der Waals surface area contributed by atoms with E-state index in [0.717, 1.165) is 19.4 Å². The lowest BCUT2D eigenvalue weighted by molar-refractivity contribution is -0.133. The maximum absolute atomic E-state index is 12.8. The fourth-order valence-corrected chi connectivity index (χ4v) is 3.06. The summed E-state index contributed by atoms with van der Waals surface area (Å²) in [6.45, 7) is 11.9. The number of hydrogen-bond acceptors (Lipinski definition) is 3. The van der Waals surface area contributed by atoms with E-state index in [2.05, 4.69) is 63.8 Å². The van der Waals surface area contributed by atoms with E-state index in [9.17, 15) is 4.79 Å². The van der Waals surface area contributed by atoms with Crippen molar-refractivity contribution in [2.45, 2.75) is 65.7 Å². The topological polar surface area (TPSA) is 35.6 Å². The highest BCUT2D eigenvalue weighted by molar-refractivity contribution is 5.84. The van der Waals surface area contributed by atoms with Crippen LogP contribution in [0, 0.1) is 11.8 Å². The zero-order valence-electron chi connectivity index (χ0n) is 14.3. The summed E-state index contributed by atoms with van der Waals surface area (Å²) in [7, 11) is 4.16. The minimum atomic E-state index is 0.00311. The van der Waals surface area contributed by atoms with Crippen molar-refractivity contribution in [1.29, 1.82) is 0 Å². The Morgan fingerprint density at radius 1 is 1.25 bits per heavy atom. The molecule has 1 amide bonds. The molecular weight excluding hydrogens is 250 g/mol. The summed E-state index contributed by atoms with van der Waals surface area (Å²) in [4.78, 5) is 17.1. The van der Waals surface area contributed by atoms with E-state index < -0.39 is 0 Å². The van der Waals surface area contributed by atoms with Gasteiger partial charge >= 0.3 is 0 Å². The fourth-order valence-electron chi connectivity index (χ4n) is 3.06. The Balaban J connectivity index is 2.90. The van der Waals surface area contributed by atoms with Crippen LogP contribution < -0.4 is 5.32 Å². The van der Waals surface area contributed by atoms with E-state index in [1.54, 1.807) is 0 Å². The van der Waals surface area contributed by atoms with Gasteiger partial charge in [0.25, 0.3) is 0 Å². The molecule has 118 valence electrons. The van der Waals surface area contributed by atoms with Crippen molar-refractivity contribution in [3.8, 4) is 0 Å². The molecule has 1 heterocycles. The number of carbonyl (C=O) groups is 1. The molecule has 1 fully saturated rings. The molecule has 20 heavy (non-hydrogen) atoms. The molecule has 4 nitrogen and oxygen atoms in total. The molecule has 1 saturated heterocycles. The molecule has 0 saturated carbocycles. The Kier molecular flexibility index (Phi) is 6.46. The average molecular weight is 283 g/mol. The molecule has 0 aromatic rings. The van der Waals surface area contributed by atoms with Crippen LogP contribution in [0.5, 0.6) is 0 Å². The first kappa shape index (κ1) is 17.4. The number of rotatable bonds is 7. The van der Waals surface area contributed by atoms with Crippen LogP contribution in [0.1, 0.15) is 47.5 Å². The molecule has 0 radical (unpaired) electrons.